The van der Waals surface area contributed by atoms with Crippen LogP contribution >= 0.6 is 11.8 Å². The molecule has 0 unspecified atom stereocenters. The molecule has 7 heteroatoms. The van der Waals surface area contributed by atoms with Crippen molar-refractivity contribution < 1.29 is 28.8 Å². The first kappa shape index (κ1) is 22.1. The number of benzene rings is 3. The number of esters is 1. The van der Waals surface area contributed by atoms with E-state index in [9.17, 15) is 9.90 Å². The molecule has 2 aliphatic rings. The van der Waals surface area contributed by atoms with Gasteiger partial charge >= 0.3 is 5.97 Å². The molecule has 0 radical (unpaired) electrons. The number of carbonyl (C=O) groups is 1. The average molecular weight is 465 g/mol. The van der Waals surface area contributed by atoms with Crippen LogP contribution in [0.3, 0.4) is 0 Å². The summed E-state index contributed by atoms with van der Waals surface area (Å²) in [5, 5.41) is 11.2. The highest BCUT2D eigenvalue weighted by Gasteiger charge is 2.51. The Morgan fingerprint density at radius 1 is 0.879 bits per heavy atom. The van der Waals surface area contributed by atoms with Gasteiger partial charge in [-0.15, -0.1) is 0 Å². The molecule has 170 valence electrons. The monoisotopic (exact) mass is 464 g/mol. The second-order valence-electron chi connectivity index (χ2n) is 7.88. The number of aliphatic hydroxyl groups excluding tert-OH is 1. The third-order valence-corrected chi connectivity index (χ3v) is 6.79. The van der Waals surface area contributed by atoms with E-state index in [1.54, 1.807) is 24.3 Å². The van der Waals surface area contributed by atoms with E-state index < -0.39 is 42.1 Å². The predicted octanol–water partition coefficient (Wildman–Crippen LogP) is 4.20. The molecular weight excluding hydrogens is 440 g/mol. The van der Waals surface area contributed by atoms with Crippen LogP contribution in [0.15, 0.2) is 95.9 Å². The molecule has 33 heavy (non-hydrogen) atoms. The van der Waals surface area contributed by atoms with Gasteiger partial charge in [0.1, 0.15) is 23.7 Å². The lowest BCUT2D eigenvalue weighted by molar-refractivity contribution is -0.317. The van der Waals surface area contributed by atoms with E-state index in [1.807, 2.05) is 66.7 Å². The summed E-state index contributed by atoms with van der Waals surface area (Å²) in [7, 11) is 0. The highest BCUT2D eigenvalue weighted by molar-refractivity contribution is 7.99. The van der Waals surface area contributed by atoms with Crippen LogP contribution in [0, 0.1) is 0 Å². The molecule has 1 N–H and O–H groups in total. The van der Waals surface area contributed by atoms with Crippen molar-refractivity contribution in [1.29, 1.82) is 0 Å². The maximum atomic E-state index is 12.9. The van der Waals surface area contributed by atoms with Crippen LogP contribution in [0.25, 0.3) is 0 Å². The van der Waals surface area contributed by atoms with Gasteiger partial charge < -0.3 is 24.1 Å². The molecule has 2 fully saturated rings. The molecule has 0 saturated carbocycles. The minimum atomic E-state index is -1.10. The number of hydrogen-bond donors (Lipinski definition) is 1. The van der Waals surface area contributed by atoms with Crippen molar-refractivity contribution in [1.82, 2.24) is 0 Å². The topological polar surface area (TPSA) is 74.2 Å². The van der Waals surface area contributed by atoms with Crippen molar-refractivity contribution in [2.45, 2.75) is 41.0 Å². The molecule has 6 nitrogen and oxygen atoms in total. The van der Waals surface area contributed by atoms with Crippen molar-refractivity contribution in [3.63, 3.8) is 0 Å². The molecule has 6 atom stereocenters. The summed E-state index contributed by atoms with van der Waals surface area (Å²) in [6.45, 7) is 0.252. The standard InChI is InChI=1S/C26H24O6S/c27-21-23(31-24(28)17-10-4-1-5-11-17)22-20(30-26(21)33-19-14-8-3-9-15-19)16-29-25(32-22)18-12-6-2-7-13-18/h1-15,20-23,25-27H,16H2/t20-,21+,22-,23-,25-,26+/m1/s1. The number of hydrogen-bond acceptors (Lipinski definition) is 7. The van der Waals surface area contributed by atoms with E-state index in [-0.39, 0.29) is 6.61 Å². The lowest BCUT2D eigenvalue weighted by Gasteiger charge is -2.47. The summed E-state index contributed by atoms with van der Waals surface area (Å²) in [5.74, 6) is -0.518. The maximum Gasteiger partial charge on any atom is 0.338 e. The van der Waals surface area contributed by atoms with Gasteiger partial charge in [0.2, 0.25) is 0 Å². The van der Waals surface area contributed by atoms with E-state index in [4.69, 9.17) is 18.9 Å². The normalized spacial score (nSPS) is 29.1. The Morgan fingerprint density at radius 2 is 1.52 bits per heavy atom. The Bertz CT molecular complexity index is 1050. The van der Waals surface area contributed by atoms with E-state index in [2.05, 4.69) is 0 Å². The molecule has 2 heterocycles. The molecule has 0 bridgehead atoms. The number of fused-ring (bicyclic) bond motifs is 1. The summed E-state index contributed by atoms with van der Waals surface area (Å²) in [6, 6.07) is 27.9. The second kappa shape index (κ2) is 10.1. The highest BCUT2D eigenvalue weighted by Crippen LogP contribution is 2.40. The maximum absolute atomic E-state index is 12.9. The van der Waals surface area contributed by atoms with Crippen LogP contribution in [-0.4, -0.2) is 47.5 Å². The number of thioether (sulfide) groups is 1. The fourth-order valence-corrected chi connectivity index (χ4v) is 5.05. The predicted molar refractivity (Wildman–Crippen MR) is 123 cm³/mol. The van der Waals surface area contributed by atoms with E-state index in [1.165, 1.54) is 11.8 Å². The Balaban J connectivity index is 1.40. The summed E-state index contributed by atoms with van der Waals surface area (Å²) >= 11 is 1.38. The Kier molecular flexibility index (Phi) is 6.75. The van der Waals surface area contributed by atoms with Gasteiger partial charge in [0.05, 0.1) is 12.2 Å². The molecule has 0 aromatic heterocycles. The first-order valence-corrected chi connectivity index (χ1v) is 11.7. The first-order chi connectivity index (χ1) is 16.2. The van der Waals surface area contributed by atoms with E-state index in [0.717, 1.165) is 10.5 Å². The molecule has 2 aliphatic heterocycles. The quantitative estimate of drug-likeness (QED) is 0.567. The average Bonchev–Trinajstić information content (AvgIpc) is 2.88. The van der Waals surface area contributed by atoms with Crippen LogP contribution in [0.1, 0.15) is 22.2 Å². The van der Waals surface area contributed by atoms with Crippen LogP contribution in [0.2, 0.25) is 0 Å². The zero-order valence-electron chi connectivity index (χ0n) is 17.7. The number of aliphatic hydroxyl groups is 1. The number of rotatable bonds is 5. The summed E-state index contributed by atoms with van der Waals surface area (Å²) in [5.41, 5.74) is 0.605. The van der Waals surface area contributed by atoms with E-state index >= 15 is 0 Å². The van der Waals surface area contributed by atoms with Crippen molar-refractivity contribution in [2.75, 3.05) is 6.61 Å². The summed E-state index contributed by atoms with van der Waals surface area (Å²) < 4.78 is 24.2. The highest BCUT2D eigenvalue weighted by atomic mass is 32.2. The van der Waals surface area contributed by atoms with Crippen molar-refractivity contribution in [2.24, 2.45) is 0 Å². The van der Waals surface area contributed by atoms with Crippen LogP contribution < -0.4 is 0 Å². The number of carbonyl (C=O) groups excluding carboxylic acids is 1. The second-order valence-corrected chi connectivity index (χ2v) is 9.05. The van der Waals surface area contributed by atoms with Gasteiger partial charge in [0, 0.05) is 10.5 Å². The van der Waals surface area contributed by atoms with Gasteiger partial charge in [0.15, 0.2) is 12.4 Å². The molecule has 5 rings (SSSR count). The number of ether oxygens (including phenoxy) is 4. The van der Waals surface area contributed by atoms with Gasteiger partial charge in [-0.25, -0.2) is 4.79 Å². The molecular formula is C26H24O6S. The third kappa shape index (κ3) is 4.98. The fraction of sp³-hybridized carbons (Fsp3) is 0.269. The smallest absolute Gasteiger partial charge is 0.338 e. The van der Waals surface area contributed by atoms with Crippen LogP contribution in [0.4, 0.5) is 0 Å². The molecule has 2 saturated heterocycles. The van der Waals surface area contributed by atoms with Crippen molar-refractivity contribution in [3.05, 3.63) is 102 Å². The molecule has 3 aromatic rings. The van der Waals surface area contributed by atoms with Gasteiger partial charge in [-0.2, -0.15) is 0 Å². The Morgan fingerprint density at radius 3 is 2.21 bits per heavy atom. The summed E-state index contributed by atoms with van der Waals surface area (Å²) in [6.07, 6.45) is -3.84. The summed E-state index contributed by atoms with van der Waals surface area (Å²) in [4.78, 5) is 13.8. The Labute approximate surface area is 196 Å². The van der Waals surface area contributed by atoms with Crippen LogP contribution in [0.5, 0.6) is 0 Å². The SMILES string of the molecule is O=C(O[C@@H]1[C@H](O)[C@H](Sc2ccccc2)O[C@@H]2CO[C@@H](c3ccccc3)O[C@@H]12)c1ccccc1. The van der Waals surface area contributed by atoms with E-state index in [0.29, 0.717) is 5.56 Å². The van der Waals surface area contributed by atoms with Crippen LogP contribution in [-0.2, 0) is 18.9 Å². The van der Waals surface area contributed by atoms with Gasteiger partial charge in [-0.3, -0.25) is 0 Å². The molecule has 0 aliphatic carbocycles. The zero-order valence-corrected chi connectivity index (χ0v) is 18.5. The molecule has 0 amide bonds. The molecule has 0 spiro atoms. The van der Waals surface area contributed by atoms with Gasteiger partial charge in [-0.1, -0.05) is 78.5 Å². The van der Waals surface area contributed by atoms with Crippen molar-refractivity contribution >= 4 is 17.7 Å². The Hall–Kier alpha value is -2.68. The molecule has 3 aromatic carbocycles. The zero-order chi connectivity index (χ0) is 22.6. The van der Waals surface area contributed by atoms with Crippen molar-refractivity contribution in [3.8, 4) is 0 Å². The lowest BCUT2D eigenvalue weighted by Crippen LogP contribution is -2.62. The lowest BCUT2D eigenvalue weighted by atomic mass is 9.98. The minimum Gasteiger partial charge on any atom is -0.453 e. The third-order valence-electron chi connectivity index (χ3n) is 5.63. The minimum absolute atomic E-state index is 0.252. The first-order valence-electron chi connectivity index (χ1n) is 10.8. The van der Waals surface area contributed by atoms with Gasteiger partial charge in [-0.05, 0) is 24.3 Å². The fourth-order valence-electron chi connectivity index (χ4n) is 3.97. The largest absolute Gasteiger partial charge is 0.453 e. The van der Waals surface area contributed by atoms with Gasteiger partial charge in [0.25, 0.3) is 0 Å².